The quantitative estimate of drug-likeness (QED) is 0.241. The maximum Gasteiger partial charge on any atom is 0.308 e. The van der Waals surface area contributed by atoms with Gasteiger partial charge in [0, 0.05) is 38.9 Å². The van der Waals surface area contributed by atoms with Crippen LogP contribution in [0, 0.1) is 5.92 Å². The molecule has 1 aliphatic rings. The molecule has 1 aliphatic heterocycles. The van der Waals surface area contributed by atoms with Crippen LogP contribution < -0.4 is 14.8 Å². The molecule has 0 radical (unpaired) electrons. The highest BCUT2D eigenvalue weighted by Crippen LogP contribution is 2.30. The molecule has 2 heterocycles. The lowest BCUT2D eigenvalue weighted by molar-refractivity contribution is -0.146. The van der Waals surface area contributed by atoms with Crippen LogP contribution in [0.1, 0.15) is 25.3 Å². The van der Waals surface area contributed by atoms with Gasteiger partial charge in [-0.1, -0.05) is 18.2 Å². The second-order valence-corrected chi connectivity index (χ2v) is 7.17. The third-order valence-electron chi connectivity index (χ3n) is 5.15. The highest BCUT2D eigenvalue weighted by atomic mass is 127. The van der Waals surface area contributed by atoms with E-state index < -0.39 is 0 Å². The average molecular weight is 554 g/mol. The molecule has 0 amide bonds. The van der Waals surface area contributed by atoms with Gasteiger partial charge in [0.05, 0.1) is 19.6 Å². The first-order chi connectivity index (χ1) is 15.1. The Morgan fingerprint density at radius 2 is 1.91 bits per heavy atom. The van der Waals surface area contributed by atoms with Gasteiger partial charge in [-0.2, -0.15) is 0 Å². The summed E-state index contributed by atoms with van der Waals surface area (Å²) in [5.74, 6) is 2.50. The smallest absolute Gasteiger partial charge is 0.308 e. The maximum absolute atomic E-state index is 11.7. The number of aromatic nitrogens is 1. The number of hydrogen-bond acceptors (Lipinski definition) is 6. The van der Waals surface area contributed by atoms with Crippen LogP contribution in [-0.2, 0) is 16.1 Å². The Morgan fingerprint density at radius 1 is 1.19 bits per heavy atom. The van der Waals surface area contributed by atoms with Crippen molar-refractivity contribution in [2.45, 2.75) is 26.3 Å². The van der Waals surface area contributed by atoms with Crippen LogP contribution in [-0.4, -0.2) is 55.7 Å². The first-order valence-electron chi connectivity index (χ1n) is 10.5. The largest absolute Gasteiger partial charge is 0.490 e. The van der Waals surface area contributed by atoms with Crippen LogP contribution in [0.5, 0.6) is 17.4 Å². The summed E-state index contributed by atoms with van der Waals surface area (Å²) in [6.45, 7) is 4.63. The zero-order chi connectivity index (χ0) is 22.1. The van der Waals surface area contributed by atoms with Gasteiger partial charge in [0.2, 0.25) is 5.88 Å². The number of hydrogen-bond donors (Lipinski definition) is 1. The van der Waals surface area contributed by atoms with E-state index in [0.717, 1.165) is 37.5 Å². The predicted molar refractivity (Wildman–Crippen MR) is 134 cm³/mol. The SMILES string of the molecule is CCOc1ccccc1Oc1ccc(CNC(=NC)N2CCC(C(=O)OC)CC2)cn1.I. The van der Waals surface area contributed by atoms with E-state index in [1.807, 2.05) is 43.3 Å². The third kappa shape index (κ3) is 6.98. The molecule has 0 unspecified atom stereocenters. The number of benzene rings is 1. The Hall–Kier alpha value is -2.56. The van der Waals surface area contributed by atoms with E-state index in [1.165, 1.54) is 7.11 Å². The van der Waals surface area contributed by atoms with Gasteiger partial charge >= 0.3 is 5.97 Å². The fraction of sp³-hybridized carbons (Fsp3) is 0.435. The first kappa shape index (κ1) is 25.7. The second kappa shape index (κ2) is 13.1. The molecule has 174 valence electrons. The molecule has 8 nitrogen and oxygen atoms in total. The van der Waals surface area contributed by atoms with Crippen molar-refractivity contribution in [2.75, 3.05) is 33.9 Å². The summed E-state index contributed by atoms with van der Waals surface area (Å²) < 4.78 is 16.3. The zero-order valence-corrected chi connectivity index (χ0v) is 21.1. The van der Waals surface area contributed by atoms with E-state index in [-0.39, 0.29) is 35.9 Å². The summed E-state index contributed by atoms with van der Waals surface area (Å²) in [6.07, 6.45) is 3.32. The fourth-order valence-electron chi connectivity index (χ4n) is 3.50. The number of nitrogens with one attached hydrogen (secondary N) is 1. The van der Waals surface area contributed by atoms with E-state index in [2.05, 4.69) is 20.2 Å². The van der Waals surface area contributed by atoms with Gasteiger partial charge in [-0.05, 0) is 37.5 Å². The van der Waals surface area contributed by atoms with Crippen molar-refractivity contribution in [3.8, 4) is 17.4 Å². The van der Waals surface area contributed by atoms with Crippen molar-refractivity contribution in [2.24, 2.45) is 10.9 Å². The molecule has 0 spiro atoms. The number of guanidine groups is 1. The van der Waals surface area contributed by atoms with Gasteiger partial charge in [0.1, 0.15) is 0 Å². The number of esters is 1. The Bertz CT molecular complexity index is 884. The van der Waals surface area contributed by atoms with Crippen molar-refractivity contribution in [1.29, 1.82) is 0 Å². The summed E-state index contributed by atoms with van der Waals surface area (Å²) in [4.78, 5) is 22.6. The van der Waals surface area contributed by atoms with E-state index in [4.69, 9.17) is 14.2 Å². The standard InChI is InChI=1S/C23H30N4O4.HI/c1-4-30-19-7-5-6-8-20(19)31-21-10-9-17(15-25-21)16-26-23(24-2)27-13-11-18(12-14-27)22(28)29-3;/h5-10,15,18H,4,11-14,16H2,1-3H3,(H,24,26);1H. The highest BCUT2D eigenvalue weighted by molar-refractivity contribution is 14.0. The van der Waals surface area contributed by atoms with Crippen LogP contribution in [0.15, 0.2) is 47.6 Å². The molecule has 2 aromatic rings. The third-order valence-corrected chi connectivity index (χ3v) is 5.15. The van der Waals surface area contributed by atoms with Gasteiger partial charge in [0.25, 0.3) is 0 Å². The molecule has 3 rings (SSSR count). The lowest BCUT2D eigenvalue weighted by Crippen LogP contribution is -2.46. The molecule has 32 heavy (non-hydrogen) atoms. The summed E-state index contributed by atoms with van der Waals surface area (Å²) in [6, 6.07) is 11.3. The predicted octanol–water partition coefficient (Wildman–Crippen LogP) is 3.85. The fourth-order valence-corrected chi connectivity index (χ4v) is 3.50. The van der Waals surface area contributed by atoms with Gasteiger partial charge in [0.15, 0.2) is 17.5 Å². The van der Waals surface area contributed by atoms with Crippen molar-refractivity contribution in [3.05, 3.63) is 48.2 Å². The molecule has 1 fully saturated rings. The van der Waals surface area contributed by atoms with Gasteiger partial charge in [-0.25, -0.2) is 4.98 Å². The molecular formula is C23H31IN4O4. The van der Waals surface area contributed by atoms with Crippen molar-refractivity contribution in [3.63, 3.8) is 0 Å². The van der Waals surface area contributed by atoms with Crippen LogP contribution in [0.3, 0.4) is 0 Å². The lowest BCUT2D eigenvalue weighted by Gasteiger charge is -2.33. The van der Waals surface area contributed by atoms with E-state index in [9.17, 15) is 4.79 Å². The monoisotopic (exact) mass is 554 g/mol. The lowest BCUT2D eigenvalue weighted by atomic mass is 9.97. The number of methoxy groups -OCH3 is 1. The van der Waals surface area contributed by atoms with Gasteiger partial charge < -0.3 is 24.4 Å². The molecule has 1 saturated heterocycles. The number of ether oxygens (including phenoxy) is 3. The minimum absolute atomic E-state index is 0. The summed E-state index contributed by atoms with van der Waals surface area (Å²) in [7, 11) is 3.21. The Balaban J connectivity index is 0.00000363. The second-order valence-electron chi connectivity index (χ2n) is 7.17. The number of halogens is 1. The topological polar surface area (TPSA) is 85.3 Å². The molecule has 0 saturated carbocycles. The van der Waals surface area contributed by atoms with Crippen LogP contribution in [0.4, 0.5) is 0 Å². The maximum atomic E-state index is 11.7. The molecule has 1 aromatic heterocycles. The first-order valence-corrected chi connectivity index (χ1v) is 10.5. The molecule has 0 aliphatic carbocycles. The van der Waals surface area contributed by atoms with Gasteiger partial charge in [-0.3, -0.25) is 9.79 Å². The van der Waals surface area contributed by atoms with Crippen molar-refractivity contribution in [1.82, 2.24) is 15.2 Å². The molecular weight excluding hydrogens is 523 g/mol. The number of carbonyl (C=O) groups is 1. The Kier molecular flexibility index (Phi) is 10.5. The molecule has 0 atom stereocenters. The number of likely N-dealkylation sites (tertiary alicyclic amines) is 1. The summed E-state index contributed by atoms with van der Waals surface area (Å²) in [5.41, 5.74) is 1.01. The number of piperidine rings is 1. The summed E-state index contributed by atoms with van der Waals surface area (Å²) >= 11 is 0. The number of aliphatic imine (C=N–C) groups is 1. The average Bonchev–Trinajstić information content (AvgIpc) is 2.82. The minimum Gasteiger partial charge on any atom is -0.490 e. The molecule has 1 N–H and O–H groups in total. The van der Waals surface area contributed by atoms with Crippen LogP contribution in [0.25, 0.3) is 0 Å². The highest BCUT2D eigenvalue weighted by Gasteiger charge is 2.26. The van der Waals surface area contributed by atoms with Crippen LogP contribution >= 0.6 is 24.0 Å². The number of carbonyl (C=O) groups excluding carboxylic acids is 1. The van der Waals surface area contributed by atoms with Crippen molar-refractivity contribution < 1.29 is 19.0 Å². The minimum atomic E-state index is -0.125. The van der Waals surface area contributed by atoms with Crippen molar-refractivity contribution >= 4 is 35.9 Å². The normalized spacial score (nSPS) is 14.3. The number of para-hydroxylation sites is 2. The summed E-state index contributed by atoms with van der Waals surface area (Å²) in [5, 5.41) is 3.37. The van der Waals surface area contributed by atoms with Gasteiger partial charge in [-0.15, -0.1) is 24.0 Å². The molecule has 9 heteroatoms. The number of rotatable bonds is 7. The zero-order valence-electron chi connectivity index (χ0n) is 18.7. The molecule has 1 aromatic carbocycles. The molecule has 0 bridgehead atoms. The van der Waals surface area contributed by atoms with E-state index in [0.29, 0.717) is 30.5 Å². The Morgan fingerprint density at radius 3 is 2.50 bits per heavy atom. The van der Waals surface area contributed by atoms with E-state index >= 15 is 0 Å². The number of nitrogens with zero attached hydrogens (tertiary/aromatic N) is 3. The number of pyridine rings is 1. The van der Waals surface area contributed by atoms with Crippen LogP contribution in [0.2, 0.25) is 0 Å². The van der Waals surface area contributed by atoms with E-state index in [1.54, 1.807) is 13.2 Å². The Labute approximate surface area is 206 Å².